The van der Waals surface area contributed by atoms with Gasteiger partial charge in [-0.1, -0.05) is 35.3 Å². The van der Waals surface area contributed by atoms with E-state index in [1.165, 1.54) is 0 Å². The summed E-state index contributed by atoms with van der Waals surface area (Å²) in [5.74, 6) is 1.65. The van der Waals surface area contributed by atoms with Crippen molar-refractivity contribution in [2.45, 2.75) is 19.1 Å². The molecule has 1 aromatic heterocycles. The molecule has 1 N–H and O–H groups in total. The minimum atomic E-state index is -0.0941. The Kier molecular flexibility index (Phi) is 6.09. The number of aliphatic hydroxyl groups is 1. The van der Waals surface area contributed by atoms with Crippen molar-refractivity contribution in [1.29, 1.82) is 0 Å². The number of ether oxygens (including phenoxy) is 2. The van der Waals surface area contributed by atoms with Gasteiger partial charge in [-0.25, -0.2) is 4.98 Å². The van der Waals surface area contributed by atoms with Crippen LogP contribution < -0.4 is 14.4 Å². The molecule has 0 amide bonds. The second kappa shape index (κ2) is 8.91. The van der Waals surface area contributed by atoms with Crippen LogP contribution in [0.4, 0.5) is 5.69 Å². The lowest BCUT2D eigenvalue weighted by Crippen LogP contribution is -2.25. The van der Waals surface area contributed by atoms with E-state index in [0.29, 0.717) is 34.0 Å². The number of para-hydroxylation sites is 1. The fraction of sp³-hybridized carbons (Fsp3) is 0.227. The van der Waals surface area contributed by atoms with E-state index in [0.717, 1.165) is 24.2 Å². The van der Waals surface area contributed by atoms with Crippen LogP contribution in [0.5, 0.6) is 17.4 Å². The first kappa shape index (κ1) is 19.8. The SMILES string of the molecule is OCc1cc(Oc2ccccc2Cl)ccc1N1CC[C@H](Oc2ncccc2Cl)C1. The molecule has 0 unspecified atom stereocenters. The molecule has 1 aliphatic heterocycles. The van der Waals surface area contributed by atoms with Crippen molar-refractivity contribution in [2.75, 3.05) is 18.0 Å². The molecule has 5 nitrogen and oxygen atoms in total. The van der Waals surface area contributed by atoms with Crippen molar-refractivity contribution in [3.8, 4) is 17.4 Å². The highest BCUT2D eigenvalue weighted by Gasteiger charge is 2.26. The lowest BCUT2D eigenvalue weighted by molar-refractivity contribution is 0.216. The first-order chi connectivity index (χ1) is 14.1. The van der Waals surface area contributed by atoms with E-state index in [1.807, 2.05) is 30.3 Å². The number of rotatable bonds is 6. The molecule has 1 aliphatic rings. The Balaban J connectivity index is 1.47. The van der Waals surface area contributed by atoms with Crippen LogP contribution in [0.1, 0.15) is 12.0 Å². The highest BCUT2D eigenvalue weighted by Crippen LogP contribution is 2.34. The van der Waals surface area contributed by atoms with E-state index < -0.39 is 0 Å². The molecule has 0 spiro atoms. The molecule has 150 valence electrons. The maximum Gasteiger partial charge on any atom is 0.232 e. The standard InChI is InChI=1S/C22H20Cl2N2O3/c23-18-4-1-2-6-21(18)28-16-7-8-20(15(12-16)14-27)26-11-9-17(13-26)29-22-19(24)5-3-10-25-22/h1-8,10,12,17,27H,9,11,13-14H2/t17-/m0/s1. The summed E-state index contributed by atoms with van der Waals surface area (Å²) in [6, 6.07) is 16.5. The molecule has 1 saturated heterocycles. The third-order valence-corrected chi connectivity index (χ3v) is 5.37. The molecule has 0 aliphatic carbocycles. The van der Waals surface area contributed by atoms with Crippen LogP contribution >= 0.6 is 23.2 Å². The van der Waals surface area contributed by atoms with Crippen molar-refractivity contribution >= 4 is 28.9 Å². The summed E-state index contributed by atoms with van der Waals surface area (Å²) in [6.07, 6.45) is 2.48. The van der Waals surface area contributed by atoms with Crippen molar-refractivity contribution in [3.05, 3.63) is 76.4 Å². The Morgan fingerprint density at radius 2 is 1.90 bits per heavy atom. The summed E-state index contributed by atoms with van der Waals surface area (Å²) < 4.78 is 11.8. The Bertz CT molecular complexity index is 999. The predicted molar refractivity (Wildman–Crippen MR) is 114 cm³/mol. The number of anilines is 1. The van der Waals surface area contributed by atoms with Crippen LogP contribution in [0, 0.1) is 0 Å². The molecule has 1 atom stereocenters. The molecule has 4 rings (SSSR count). The Morgan fingerprint density at radius 1 is 1.07 bits per heavy atom. The topological polar surface area (TPSA) is 54.8 Å². The fourth-order valence-corrected chi connectivity index (χ4v) is 3.71. The van der Waals surface area contributed by atoms with E-state index in [1.54, 1.807) is 30.5 Å². The Labute approximate surface area is 179 Å². The molecule has 0 bridgehead atoms. The largest absolute Gasteiger partial charge is 0.471 e. The van der Waals surface area contributed by atoms with Crippen molar-refractivity contribution in [3.63, 3.8) is 0 Å². The van der Waals surface area contributed by atoms with Crippen LogP contribution in [-0.4, -0.2) is 29.3 Å². The number of hydrogen-bond acceptors (Lipinski definition) is 5. The zero-order valence-electron chi connectivity index (χ0n) is 15.6. The Hall–Kier alpha value is -2.47. The third kappa shape index (κ3) is 4.58. The lowest BCUT2D eigenvalue weighted by atomic mass is 10.1. The van der Waals surface area contributed by atoms with Crippen LogP contribution in [0.3, 0.4) is 0 Å². The fourth-order valence-electron chi connectivity index (χ4n) is 3.37. The maximum absolute atomic E-state index is 9.89. The van der Waals surface area contributed by atoms with Gasteiger partial charge in [-0.3, -0.25) is 0 Å². The second-order valence-corrected chi connectivity index (χ2v) is 7.56. The third-order valence-electron chi connectivity index (χ3n) is 4.77. The van der Waals surface area contributed by atoms with Gasteiger partial charge in [-0.2, -0.15) is 0 Å². The number of aliphatic hydroxyl groups excluding tert-OH is 1. The summed E-state index contributed by atoms with van der Waals surface area (Å²) in [7, 11) is 0. The predicted octanol–water partition coefficient (Wildman–Crippen LogP) is 5.33. The van der Waals surface area contributed by atoms with Crippen LogP contribution in [0.25, 0.3) is 0 Å². The number of benzene rings is 2. The lowest BCUT2D eigenvalue weighted by Gasteiger charge is -2.22. The summed E-state index contributed by atoms with van der Waals surface area (Å²) >= 11 is 12.3. The quantitative estimate of drug-likeness (QED) is 0.572. The minimum Gasteiger partial charge on any atom is -0.471 e. The zero-order valence-corrected chi connectivity index (χ0v) is 17.1. The highest BCUT2D eigenvalue weighted by molar-refractivity contribution is 6.32. The molecular weight excluding hydrogens is 411 g/mol. The maximum atomic E-state index is 9.89. The smallest absolute Gasteiger partial charge is 0.232 e. The van der Waals surface area contributed by atoms with Crippen molar-refractivity contribution in [2.24, 2.45) is 0 Å². The average Bonchev–Trinajstić information content (AvgIpc) is 3.19. The van der Waals surface area contributed by atoms with E-state index in [4.69, 9.17) is 32.7 Å². The van der Waals surface area contributed by atoms with E-state index >= 15 is 0 Å². The molecule has 29 heavy (non-hydrogen) atoms. The molecule has 7 heteroatoms. The molecule has 2 aromatic carbocycles. The van der Waals surface area contributed by atoms with Crippen LogP contribution in [-0.2, 0) is 6.61 Å². The molecule has 3 aromatic rings. The van der Waals surface area contributed by atoms with Gasteiger partial charge in [-0.05, 0) is 42.5 Å². The number of halogens is 2. The van der Waals surface area contributed by atoms with Gasteiger partial charge in [0.15, 0.2) is 0 Å². The molecule has 2 heterocycles. The monoisotopic (exact) mass is 430 g/mol. The van der Waals surface area contributed by atoms with E-state index in [9.17, 15) is 5.11 Å². The first-order valence-electron chi connectivity index (χ1n) is 9.32. The number of nitrogens with zero attached hydrogens (tertiary/aromatic N) is 2. The molecule has 0 radical (unpaired) electrons. The molecule has 0 saturated carbocycles. The normalized spacial score (nSPS) is 16.1. The van der Waals surface area contributed by atoms with E-state index in [2.05, 4.69) is 9.88 Å². The van der Waals surface area contributed by atoms with Crippen LogP contribution in [0.2, 0.25) is 10.0 Å². The molecular formula is C22H20Cl2N2O3. The van der Waals surface area contributed by atoms with Gasteiger partial charge in [0.1, 0.15) is 22.6 Å². The van der Waals surface area contributed by atoms with Gasteiger partial charge in [0.25, 0.3) is 0 Å². The van der Waals surface area contributed by atoms with Gasteiger partial charge in [-0.15, -0.1) is 0 Å². The van der Waals surface area contributed by atoms with Gasteiger partial charge < -0.3 is 19.5 Å². The van der Waals surface area contributed by atoms with E-state index in [-0.39, 0.29) is 12.7 Å². The summed E-state index contributed by atoms with van der Waals surface area (Å²) in [5.41, 5.74) is 1.74. The summed E-state index contributed by atoms with van der Waals surface area (Å²) in [6.45, 7) is 1.40. The Morgan fingerprint density at radius 3 is 2.69 bits per heavy atom. The first-order valence-corrected chi connectivity index (χ1v) is 10.1. The number of pyridine rings is 1. The minimum absolute atomic E-state index is 0.0204. The van der Waals surface area contributed by atoms with Gasteiger partial charge in [0.2, 0.25) is 5.88 Å². The number of aromatic nitrogens is 1. The summed E-state index contributed by atoms with van der Waals surface area (Å²) in [4.78, 5) is 6.38. The average molecular weight is 431 g/mol. The second-order valence-electron chi connectivity index (χ2n) is 6.75. The van der Waals surface area contributed by atoms with Crippen molar-refractivity contribution in [1.82, 2.24) is 4.98 Å². The number of hydrogen-bond donors (Lipinski definition) is 1. The van der Waals surface area contributed by atoms with Gasteiger partial charge in [0, 0.05) is 30.4 Å². The van der Waals surface area contributed by atoms with Crippen molar-refractivity contribution < 1.29 is 14.6 Å². The van der Waals surface area contributed by atoms with Gasteiger partial charge in [0.05, 0.1) is 18.2 Å². The summed E-state index contributed by atoms with van der Waals surface area (Å²) in [5, 5.41) is 10.9. The molecule has 1 fully saturated rings. The van der Waals surface area contributed by atoms with Crippen LogP contribution in [0.15, 0.2) is 60.8 Å². The zero-order chi connectivity index (χ0) is 20.2. The van der Waals surface area contributed by atoms with Gasteiger partial charge >= 0.3 is 0 Å². The highest BCUT2D eigenvalue weighted by atomic mass is 35.5.